The van der Waals surface area contributed by atoms with E-state index in [0.717, 1.165) is 0 Å². The van der Waals surface area contributed by atoms with Crippen molar-refractivity contribution in [2.45, 2.75) is 116 Å². The van der Waals surface area contributed by atoms with Crippen LogP contribution in [0.25, 0.3) is 0 Å². The molecule has 4 heterocycles. The molecule has 0 bridgehead atoms. The Bertz CT molecular complexity index is 929. The highest BCUT2D eigenvalue weighted by Crippen LogP contribution is 2.37. The number of ether oxygens (including phenoxy) is 7. The van der Waals surface area contributed by atoms with Gasteiger partial charge in [-0.3, -0.25) is 0 Å². The largest absolute Gasteiger partial charge is 0.394 e. The van der Waals surface area contributed by atoms with Gasteiger partial charge in [0.1, 0.15) is 98.2 Å². The summed E-state index contributed by atoms with van der Waals surface area (Å²) < 4.78 is 37.7. The van der Waals surface area contributed by atoms with E-state index in [1.165, 1.54) is 0 Å². The molecular formula is C24H42O21. The summed E-state index contributed by atoms with van der Waals surface area (Å²) in [6, 6.07) is 0. The van der Waals surface area contributed by atoms with Crippen LogP contribution in [0.15, 0.2) is 0 Å². The summed E-state index contributed by atoms with van der Waals surface area (Å²) in [6.07, 6.45) is -31.7. The van der Waals surface area contributed by atoms with Crippen molar-refractivity contribution < 1.29 is 105 Å². The predicted octanol–water partition coefficient (Wildman–Crippen LogP) is -9.75. The van der Waals surface area contributed by atoms with Crippen molar-refractivity contribution in [3.05, 3.63) is 0 Å². The normalized spacial score (nSPS) is 52.7. The van der Waals surface area contributed by atoms with Crippen LogP contribution in [0.4, 0.5) is 0 Å². The molecule has 0 aliphatic carbocycles. The first kappa shape index (κ1) is 37.0. The Labute approximate surface area is 254 Å². The van der Waals surface area contributed by atoms with Gasteiger partial charge < -0.3 is 105 Å². The van der Waals surface area contributed by atoms with Gasteiger partial charge in [-0.05, 0) is 0 Å². The third kappa shape index (κ3) is 7.15. The molecule has 21 nitrogen and oxygen atoms in total. The lowest BCUT2D eigenvalue weighted by molar-refractivity contribution is -0.386. The topological polar surface area (TPSA) is 348 Å². The quantitative estimate of drug-likeness (QED) is 0.0973. The van der Waals surface area contributed by atoms with Crippen molar-refractivity contribution in [3.8, 4) is 0 Å². The minimum Gasteiger partial charge on any atom is -0.394 e. The summed E-state index contributed by atoms with van der Waals surface area (Å²) in [5.74, 6) is -2.51. The zero-order valence-corrected chi connectivity index (χ0v) is 23.5. The summed E-state index contributed by atoms with van der Waals surface area (Å²) in [7, 11) is 0. The molecule has 4 aliphatic heterocycles. The molecule has 19 atom stereocenters. The van der Waals surface area contributed by atoms with Crippen LogP contribution in [-0.4, -0.2) is 221 Å². The smallest absolute Gasteiger partial charge is 0.224 e. The molecule has 0 aromatic carbocycles. The van der Waals surface area contributed by atoms with E-state index in [1.807, 2.05) is 0 Å². The number of aliphatic hydroxyl groups is 14. The average molecular weight is 667 g/mol. The summed E-state index contributed by atoms with van der Waals surface area (Å²) in [5.41, 5.74) is 0. The number of hydrogen-bond acceptors (Lipinski definition) is 21. The van der Waals surface area contributed by atoms with E-state index in [-0.39, 0.29) is 0 Å². The standard InChI is InChI=1S/C24H42O21/c25-1-6-10(29)14(33)16(35)22(41-6)43-19-12(31)8(3-27)40-21(18(19)37)39-4-9-13(32)20(38)24(5-28,44-9)45-23-17(36)15(34)11(30)7(2-26)42-23/h6-23,25-38H,1-5H2/t6-,7-,8-,9-,10+,11-,12-,13-,14+,15+,16-,17-,18-,19+,20+,21+,22+,23-,24+/m1/s1. The van der Waals surface area contributed by atoms with Crippen molar-refractivity contribution >= 4 is 0 Å². The molecule has 0 spiro atoms. The van der Waals surface area contributed by atoms with Crippen molar-refractivity contribution in [1.82, 2.24) is 0 Å². The summed E-state index contributed by atoms with van der Waals surface area (Å²) in [6.45, 7) is -4.34. The Morgan fingerprint density at radius 2 is 0.978 bits per heavy atom. The first-order valence-electron chi connectivity index (χ1n) is 14.1. The van der Waals surface area contributed by atoms with Crippen LogP contribution in [0.1, 0.15) is 0 Å². The van der Waals surface area contributed by atoms with Crippen LogP contribution in [0.3, 0.4) is 0 Å². The summed E-state index contributed by atoms with van der Waals surface area (Å²) in [5, 5.41) is 142. The van der Waals surface area contributed by atoms with E-state index >= 15 is 0 Å². The Kier molecular flexibility index (Phi) is 12.5. The number of aliphatic hydroxyl groups excluding tert-OH is 14. The Balaban J connectivity index is 1.43. The van der Waals surface area contributed by atoms with Crippen molar-refractivity contribution in [2.24, 2.45) is 0 Å². The van der Waals surface area contributed by atoms with Crippen LogP contribution >= 0.6 is 0 Å². The molecule has 264 valence electrons. The second-order valence-corrected chi connectivity index (χ2v) is 11.2. The van der Waals surface area contributed by atoms with E-state index in [0.29, 0.717) is 0 Å². The van der Waals surface area contributed by atoms with Gasteiger partial charge in [-0.1, -0.05) is 0 Å². The van der Waals surface area contributed by atoms with Crippen LogP contribution in [0, 0.1) is 0 Å². The highest BCUT2D eigenvalue weighted by Gasteiger charge is 2.59. The maximum atomic E-state index is 10.9. The third-order valence-electron chi connectivity index (χ3n) is 8.28. The van der Waals surface area contributed by atoms with Gasteiger partial charge in [0.15, 0.2) is 18.9 Å². The molecule has 0 unspecified atom stereocenters. The van der Waals surface area contributed by atoms with Gasteiger partial charge >= 0.3 is 0 Å². The molecule has 14 N–H and O–H groups in total. The highest BCUT2D eigenvalue weighted by molar-refractivity contribution is 4.99. The predicted molar refractivity (Wildman–Crippen MR) is 134 cm³/mol. The van der Waals surface area contributed by atoms with Gasteiger partial charge in [-0.25, -0.2) is 0 Å². The minimum atomic E-state index is -2.51. The lowest BCUT2D eigenvalue weighted by Gasteiger charge is -2.46. The fourth-order valence-electron chi connectivity index (χ4n) is 5.49. The Hall–Kier alpha value is -0.840. The van der Waals surface area contributed by atoms with Gasteiger partial charge in [-0.2, -0.15) is 0 Å². The molecule has 21 heteroatoms. The van der Waals surface area contributed by atoms with Gasteiger partial charge in [0, 0.05) is 0 Å². The second kappa shape index (κ2) is 15.1. The first-order valence-corrected chi connectivity index (χ1v) is 14.1. The van der Waals surface area contributed by atoms with Crippen LogP contribution < -0.4 is 0 Å². The van der Waals surface area contributed by atoms with Crippen molar-refractivity contribution in [2.75, 3.05) is 33.0 Å². The molecule has 0 radical (unpaired) electrons. The van der Waals surface area contributed by atoms with Gasteiger partial charge in [0.05, 0.1) is 26.4 Å². The van der Waals surface area contributed by atoms with Crippen LogP contribution in [0.5, 0.6) is 0 Å². The monoisotopic (exact) mass is 666 g/mol. The maximum absolute atomic E-state index is 10.9. The second-order valence-electron chi connectivity index (χ2n) is 11.2. The first-order chi connectivity index (χ1) is 21.2. The fourth-order valence-corrected chi connectivity index (χ4v) is 5.49. The lowest BCUT2D eigenvalue weighted by atomic mass is 9.97. The van der Waals surface area contributed by atoms with Gasteiger partial charge in [0.25, 0.3) is 0 Å². The summed E-state index contributed by atoms with van der Waals surface area (Å²) >= 11 is 0. The van der Waals surface area contributed by atoms with E-state index in [4.69, 9.17) is 33.2 Å². The molecule has 4 rings (SSSR count). The summed E-state index contributed by atoms with van der Waals surface area (Å²) in [4.78, 5) is 0. The zero-order chi connectivity index (χ0) is 33.4. The molecule has 0 aromatic rings. The van der Waals surface area contributed by atoms with Crippen molar-refractivity contribution in [1.29, 1.82) is 0 Å². The highest BCUT2D eigenvalue weighted by atomic mass is 16.8. The Morgan fingerprint density at radius 1 is 0.489 bits per heavy atom. The van der Waals surface area contributed by atoms with E-state index in [1.54, 1.807) is 0 Å². The SMILES string of the molecule is OC[C@H]1O[C@@H](O[C@@H]2[C@@H](O)[C@@H](OC[C@H]3O[C@@](CO)(O[C@H]4O[C@H](CO)[C@@H](O)[C@H](O)[C@H]4O)[C@@H](O)[C@@H]3O)O[C@H](CO)[C@H]2O)[C@H](O)[C@@H](O)[C@H]1O. The van der Waals surface area contributed by atoms with Gasteiger partial charge in [0.2, 0.25) is 5.79 Å². The zero-order valence-electron chi connectivity index (χ0n) is 23.5. The third-order valence-corrected chi connectivity index (χ3v) is 8.28. The lowest BCUT2D eigenvalue weighted by Crippen LogP contribution is -2.65. The molecule has 0 aromatic heterocycles. The maximum Gasteiger partial charge on any atom is 0.224 e. The molecular weight excluding hydrogens is 624 g/mol. The van der Waals surface area contributed by atoms with Crippen LogP contribution in [-0.2, 0) is 33.2 Å². The van der Waals surface area contributed by atoms with E-state index < -0.39 is 149 Å². The number of hydrogen-bond donors (Lipinski definition) is 14. The fraction of sp³-hybridized carbons (Fsp3) is 1.00. The molecule has 0 amide bonds. The Morgan fingerprint density at radius 3 is 1.51 bits per heavy atom. The van der Waals surface area contributed by atoms with Crippen LogP contribution in [0.2, 0.25) is 0 Å². The van der Waals surface area contributed by atoms with Crippen molar-refractivity contribution in [3.63, 3.8) is 0 Å². The molecule has 45 heavy (non-hydrogen) atoms. The average Bonchev–Trinajstić information content (AvgIpc) is 3.27. The molecule has 4 fully saturated rings. The van der Waals surface area contributed by atoms with E-state index in [2.05, 4.69) is 0 Å². The molecule has 4 aliphatic rings. The number of rotatable bonds is 11. The molecule has 4 saturated heterocycles. The molecule has 0 saturated carbocycles. The van der Waals surface area contributed by atoms with E-state index in [9.17, 15) is 71.5 Å². The van der Waals surface area contributed by atoms with Gasteiger partial charge in [-0.15, -0.1) is 0 Å². The minimum absolute atomic E-state index is 0.735.